The first-order valence-corrected chi connectivity index (χ1v) is 10.1. The standard InChI is InChI=1S/C25H26O5/c1-4-5-8-13-29-25(28)20-10-7-6-9-19(20)24-17(3)22(14-16(2)26)30-23-15-18(27)11-12-21(23)24/h6-7,9-12,14-15,26H,4-5,8,13H2,1-3H3/b16-14+. The Bertz CT molecular complexity index is 1100. The van der Waals surface area contributed by atoms with Crippen LogP contribution in [0.4, 0.5) is 0 Å². The summed E-state index contributed by atoms with van der Waals surface area (Å²) in [6.07, 6.45) is 4.39. The zero-order valence-electron chi connectivity index (χ0n) is 17.5. The van der Waals surface area contributed by atoms with Gasteiger partial charge in [-0.15, -0.1) is 0 Å². The van der Waals surface area contributed by atoms with Gasteiger partial charge in [0.05, 0.1) is 17.9 Å². The summed E-state index contributed by atoms with van der Waals surface area (Å²) in [7, 11) is 0. The van der Waals surface area contributed by atoms with Crippen molar-refractivity contribution in [1.82, 2.24) is 0 Å². The van der Waals surface area contributed by atoms with E-state index in [1.165, 1.54) is 18.2 Å². The van der Waals surface area contributed by atoms with Gasteiger partial charge in [0.25, 0.3) is 0 Å². The van der Waals surface area contributed by atoms with E-state index in [-0.39, 0.29) is 17.2 Å². The lowest BCUT2D eigenvalue weighted by Crippen LogP contribution is -2.09. The summed E-state index contributed by atoms with van der Waals surface area (Å²) >= 11 is 0. The first-order valence-electron chi connectivity index (χ1n) is 10.1. The largest absolute Gasteiger partial charge is 0.512 e. The van der Waals surface area contributed by atoms with Crippen LogP contribution in [-0.2, 0) is 4.74 Å². The lowest BCUT2D eigenvalue weighted by Gasteiger charge is -2.19. The van der Waals surface area contributed by atoms with Gasteiger partial charge >= 0.3 is 5.97 Å². The molecule has 0 amide bonds. The molecule has 0 radical (unpaired) electrons. The van der Waals surface area contributed by atoms with Gasteiger partial charge in [0.2, 0.25) is 0 Å². The Hall–Kier alpha value is -3.34. The summed E-state index contributed by atoms with van der Waals surface area (Å²) < 4.78 is 11.4. The van der Waals surface area contributed by atoms with Gasteiger partial charge in [0, 0.05) is 28.8 Å². The van der Waals surface area contributed by atoms with E-state index >= 15 is 0 Å². The minimum atomic E-state index is -0.383. The molecule has 0 unspecified atom stereocenters. The van der Waals surface area contributed by atoms with E-state index in [1.807, 2.05) is 19.1 Å². The third-order valence-electron chi connectivity index (χ3n) is 4.92. The molecule has 0 spiro atoms. The van der Waals surface area contributed by atoms with Crippen molar-refractivity contribution in [3.05, 3.63) is 75.3 Å². The number of hydrogen-bond acceptors (Lipinski definition) is 5. The predicted molar refractivity (Wildman–Crippen MR) is 118 cm³/mol. The fourth-order valence-electron chi connectivity index (χ4n) is 3.46. The van der Waals surface area contributed by atoms with Crippen LogP contribution in [0, 0.1) is 6.92 Å². The molecule has 5 nitrogen and oxygen atoms in total. The maximum absolute atomic E-state index is 12.8. The molecular formula is C25H26O5. The van der Waals surface area contributed by atoms with Crippen LogP contribution in [0.2, 0.25) is 0 Å². The second kappa shape index (κ2) is 9.44. The van der Waals surface area contributed by atoms with E-state index in [0.717, 1.165) is 30.4 Å². The Morgan fingerprint density at radius 1 is 1.13 bits per heavy atom. The number of aliphatic hydroxyl groups excluding tert-OH is 1. The lowest BCUT2D eigenvalue weighted by atomic mass is 9.90. The number of unbranched alkanes of at least 4 members (excludes halogenated alkanes) is 2. The summed E-state index contributed by atoms with van der Waals surface area (Å²) in [5.74, 6) is 0.510. The molecule has 1 aromatic rings. The normalized spacial score (nSPS) is 11.6. The molecule has 1 N–H and O–H groups in total. The number of aliphatic hydroxyl groups is 1. The fourth-order valence-corrected chi connectivity index (χ4v) is 3.46. The second-order valence-electron chi connectivity index (χ2n) is 7.30. The van der Waals surface area contributed by atoms with Crippen LogP contribution in [0.25, 0.3) is 28.5 Å². The average Bonchev–Trinajstić information content (AvgIpc) is 2.71. The summed E-state index contributed by atoms with van der Waals surface area (Å²) in [6.45, 7) is 5.88. The summed E-state index contributed by atoms with van der Waals surface area (Å²) in [6, 6.07) is 11.8. The average molecular weight is 406 g/mol. The molecule has 0 saturated carbocycles. The molecule has 0 saturated heterocycles. The van der Waals surface area contributed by atoms with Crippen LogP contribution in [-0.4, -0.2) is 17.7 Å². The van der Waals surface area contributed by atoms with Crippen molar-refractivity contribution >= 4 is 12.0 Å². The van der Waals surface area contributed by atoms with Gasteiger partial charge in [-0.25, -0.2) is 4.79 Å². The van der Waals surface area contributed by atoms with Crippen LogP contribution >= 0.6 is 0 Å². The monoisotopic (exact) mass is 406 g/mol. The number of benzene rings is 2. The van der Waals surface area contributed by atoms with Crippen LogP contribution in [0.3, 0.4) is 0 Å². The van der Waals surface area contributed by atoms with Crippen LogP contribution < -0.4 is 5.43 Å². The molecule has 0 fully saturated rings. The van der Waals surface area contributed by atoms with E-state index in [2.05, 4.69) is 6.92 Å². The van der Waals surface area contributed by atoms with Gasteiger partial charge in [0.15, 0.2) is 5.43 Å². The quantitative estimate of drug-likeness (QED) is 0.296. The molecule has 1 aliphatic heterocycles. The maximum atomic E-state index is 12.8. The van der Waals surface area contributed by atoms with Gasteiger partial charge in [-0.05, 0) is 44.0 Å². The predicted octanol–water partition coefficient (Wildman–Crippen LogP) is 5.99. The van der Waals surface area contributed by atoms with Gasteiger partial charge in [-0.3, -0.25) is 4.79 Å². The van der Waals surface area contributed by atoms with Crippen molar-refractivity contribution in [2.75, 3.05) is 6.61 Å². The van der Waals surface area contributed by atoms with Gasteiger partial charge in [-0.2, -0.15) is 0 Å². The molecule has 0 bridgehead atoms. The van der Waals surface area contributed by atoms with Crippen molar-refractivity contribution in [1.29, 1.82) is 0 Å². The van der Waals surface area contributed by atoms with E-state index in [4.69, 9.17) is 9.15 Å². The highest BCUT2D eigenvalue weighted by Crippen LogP contribution is 2.40. The van der Waals surface area contributed by atoms with Gasteiger partial charge in [-0.1, -0.05) is 38.0 Å². The number of allylic oxidation sites excluding steroid dienone is 1. The van der Waals surface area contributed by atoms with Crippen molar-refractivity contribution < 1.29 is 19.1 Å². The van der Waals surface area contributed by atoms with Gasteiger partial charge in [0.1, 0.15) is 11.5 Å². The van der Waals surface area contributed by atoms with Crippen LogP contribution in [0.5, 0.6) is 0 Å². The summed E-state index contributed by atoms with van der Waals surface area (Å²) in [5, 5.41) is 9.77. The van der Waals surface area contributed by atoms with Crippen LogP contribution in [0.15, 0.2) is 57.4 Å². The first-order chi connectivity index (χ1) is 14.4. The summed E-state index contributed by atoms with van der Waals surface area (Å²) in [5.41, 5.74) is 3.20. The Balaban J connectivity index is 2.18. The number of esters is 1. The van der Waals surface area contributed by atoms with Gasteiger partial charge < -0.3 is 14.3 Å². The third kappa shape index (κ3) is 4.62. The minimum absolute atomic E-state index is 0.0778. The number of rotatable bonds is 7. The molecule has 1 heterocycles. The fraction of sp³-hybridized carbons (Fsp3) is 0.280. The molecule has 2 aliphatic rings. The first kappa shape index (κ1) is 21.4. The molecule has 156 valence electrons. The minimum Gasteiger partial charge on any atom is -0.512 e. The number of hydrogen-bond donors (Lipinski definition) is 1. The molecule has 1 aromatic carbocycles. The van der Waals surface area contributed by atoms with Crippen molar-refractivity contribution in [2.24, 2.45) is 0 Å². The van der Waals surface area contributed by atoms with Crippen LogP contribution in [0.1, 0.15) is 54.8 Å². The number of carbonyl (C=O) groups is 1. The Morgan fingerprint density at radius 3 is 2.63 bits per heavy atom. The summed E-state index contributed by atoms with van der Waals surface area (Å²) in [4.78, 5) is 24.7. The molecule has 30 heavy (non-hydrogen) atoms. The van der Waals surface area contributed by atoms with Crippen molar-refractivity contribution in [3.8, 4) is 22.5 Å². The van der Waals surface area contributed by atoms with E-state index < -0.39 is 0 Å². The van der Waals surface area contributed by atoms with E-state index in [1.54, 1.807) is 25.1 Å². The zero-order chi connectivity index (χ0) is 21.7. The molecule has 3 rings (SSSR count). The SMILES string of the molecule is CCCCCOC(=O)c1ccccc1-c1c2ccc(=O)cc-2oc(/C=C(\C)O)c1C. The smallest absolute Gasteiger partial charge is 0.338 e. The third-order valence-corrected chi connectivity index (χ3v) is 4.92. The maximum Gasteiger partial charge on any atom is 0.338 e. The zero-order valence-corrected chi connectivity index (χ0v) is 17.5. The van der Waals surface area contributed by atoms with E-state index in [0.29, 0.717) is 34.8 Å². The van der Waals surface area contributed by atoms with E-state index in [9.17, 15) is 14.7 Å². The number of fused-ring (bicyclic) bond motifs is 1. The Kier molecular flexibility index (Phi) is 6.72. The highest BCUT2D eigenvalue weighted by atomic mass is 16.5. The molecule has 5 heteroatoms. The topological polar surface area (TPSA) is 76.7 Å². The molecule has 0 atom stereocenters. The number of ether oxygens (including phenoxy) is 1. The number of carbonyl (C=O) groups excluding carboxylic acids is 1. The second-order valence-corrected chi connectivity index (χ2v) is 7.30. The highest BCUT2D eigenvalue weighted by molar-refractivity contribution is 6.00. The Labute approximate surface area is 176 Å². The Morgan fingerprint density at radius 2 is 1.90 bits per heavy atom. The van der Waals surface area contributed by atoms with Crippen molar-refractivity contribution in [2.45, 2.75) is 40.0 Å². The molecule has 0 aromatic heterocycles. The molecule has 1 aliphatic carbocycles. The van der Waals surface area contributed by atoms with Crippen molar-refractivity contribution in [3.63, 3.8) is 0 Å². The highest BCUT2D eigenvalue weighted by Gasteiger charge is 2.23. The molecular weight excluding hydrogens is 380 g/mol. The lowest BCUT2D eigenvalue weighted by molar-refractivity contribution is 0.0499.